The number of nitrogens with zero attached hydrogens (tertiary/aromatic N) is 1. The molecule has 1 aliphatic carbocycles. The van der Waals surface area contributed by atoms with Crippen molar-refractivity contribution in [3.63, 3.8) is 0 Å². The molecule has 0 bridgehead atoms. The Morgan fingerprint density at radius 1 is 1.44 bits per heavy atom. The highest BCUT2D eigenvalue weighted by Crippen LogP contribution is 2.24. The van der Waals surface area contributed by atoms with Gasteiger partial charge in [0.05, 0.1) is 19.4 Å². The Labute approximate surface area is 94.2 Å². The molecule has 1 aliphatic rings. The van der Waals surface area contributed by atoms with Crippen molar-refractivity contribution in [1.82, 2.24) is 4.98 Å². The molecule has 1 heterocycles. The van der Waals surface area contributed by atoms with Gasteiger partial charge in [-0.3, -0.25) is 0 Å². The van der Waals surface area contributed by atoms with Crippen LogP contribution in [0.15, 0.2) is 12.3 Å². The molecule has 2 N–H and O–H groups in total. The zero-order chi connectivity index (χ0) is 11.5. The lowest BCUT2D eigenvalue weighted by molar-refractivity contribution is 0.120. The first-order valence-electron chi connectivity index (χ1n) is 5.27. The molecule has 1 fully saturated rings. The van der Waals surface area contributed by atoms with Crippen LogP contribution in [-0.4, -0.2) is 35.4 Å². The number of ether oxygens (including phenoxy) is 2. The molecule has 0 spiro atoms. The molecule has 0 radical (unpaired) electrons. The van der Waals surface area contributed by atoms with E-state index in [1.54, 1.807) is 0 Å². The average molecular weight is 223 g/mol. The van der Waals surface area contributed by atoms with Gasteiger partial charge in [0.1, 0.15) is 5.75 Å². The molecule has 1 aromatic rings. The molecule has 16 heavy (non-hydrogen) atoms. The van der Waals surface area contributed by atoms with Crippen LogP contribution in [0.3, 0.4) is 0 Å². The molecule has 1 aromatic heterocycles. The number of pyridine rings is 1. The Balaban J connectivity index is 2.20. The summed E-state index contributed by atoms with van der Waals surface area (Å²) in [6.45, 7) is 0. The fourth-order valence-corrected chi connectivity index (χ4v) is 1.52. The summed E-state index contributed by atoms with van der Waals surface area (Å²) in [6.07, 6.45) is 4.81. The van der Waals surface area contributed by atoms with Gasteiger partial charge >= 0.3 is 7.12 Å². The first-order chi connectivity index (χ1) is 7.70. The van der Waals surface area contributed by atoms with Crippen molar-refractivity contribution in [2.75, 3.05) is 7.11 Å². The largest absolute Gasteiger partial charge is 0.492 e. The average Bonchev–Trinajstić information content (AvgIpc) is 2.23. The third-order valence-electron chi connectivity index (χ3n) is 2.71. The second-order valence-corrected chi connectivity index (χ2v) is 3.81. The molecular formula is C10H14BNO4. The maximum absolute atomic E-state index is 9.22. The van der Waals surface area contributed by atoms with Crippen LogP contribution in [0.25, 0.3) is 0 Å². The van der Waals surface area contributed by atoms with E-state index < -0.39 is 7.12 Å². The molecule has 86 valence electrons. The Morgan fingerprint density at radius 2 is 2.19 bits per heavy atom. The molecule has 6 heteroatoms. The molecule has 0 atom stereocenters. The number of rotatable bonds is 4. The van der Waals surface area contributed by atoms with Gasteiger partial charge in [0.2, 0.25) is 5.88 Å². The maximum atomic E-state index is 9.22. The lowest BCUT2D eigenvalue weighted by atomic mass is 9.80. The minimum Gasteiger partial charge on any atom is -0.489 e. The summed E-state index contributed by atoms with van der Waals surface area (Å²) in [5, 5.41) is 18.4. The number of hydrogen-bond donors (Lipinski definition) is 2. The monoisotopic (exact) mass is 223 g/mol. The van der Waals surface area contributed by atoms with Crippen LogP contribution in [0.4, 0.5) is 0 Å². The summed E-state index contributed by atoms with van der Waals surface area (Å²) < 4.78 is 10.5. The van der Waals surface area contributed by atoms with E-state index in [9.17, 15) is 10.0 Å². The van der Waals surface area contributed by atoms with Gasteiger partial charge in [0, 0.05) is 11.5 Å². The second kappa shape index (κ2) is 4.72. The van der Waals surface area contributed by atoms with Crippen LogP contribution >= 0.6 is 0 Å². The molecule has 0 aliphatic heterocycles. The van der Waals surface area contributed by atoms with Gasteiger partial charge in [0.25, 0.3) is 0 Å². The van der Waals surface area contributed by atoms with E-state index in [0.717, 1.165) is 19.3 Å². The fourth-order valence-electron chi connectivity index (χ4n) is 1.52. The highest BCUT2D eigenvalue weighted by molar-refractivity contribution is 6.59. The first-order valence-corrected chi connectivity index (χ1v) is 5.27. The van der Waals surface area contributed by atoms with Crippen molar-refractivity contribution < 1.29 is 19.5 Å². The van der Waals surface area contributed by atoms with Crippen LogP contribution in [0.5, 0.6) is 11.6 Å². The third-order valence-corrected chi connectivity index (χ3v) is 2.71. The topological polar surface area (TPSA) is 71.8 Å². The van der Waals surface area contributed by atoms with Crippen molar-refractivity contribution in [1.29, 1.82) is 0 Å². The van der Waals surface area contributed by atoms with Crippen molar-refractivity contribution >= 4 is 12.6 Å². The van der Waals surface area contributed by atoms with Crippen LogP contribution in [0.1, 0.15) is 19.3 Å². The lowest BCUT2D eigenvalue weighted by Gasteiger charge is -2.27. The van der Waals surface area contributed by atoms with E-state index >= 15 is 0 Å². The summed E-state index contributed by atoms with van der Waals surface area (Å²) in [4.78, 5) is 3.98. The highest BCUT2D eigenvalue weighted by Gasteiger charge is 2.24. The molecule has 0 amide bonds. The third kappa shape index (κ3) is 2.28. The standard InChI is InChI=1S/C10H14BNO4/c1-15-10-5-8(11(13)14)9(6-12-10)16-7-3-2-4-7/h5-7,13-14H,2-4H2,1H3. The van der Waals surface area contributed by atoms with Gasteiger partial charge in [-0.2, -0.15) is 0 Å². The predicted octanol–water partition coefficient (Wildman–Crippen LogP) is -0.299. The van der Waals surface area contributed by atoms with E-state index in [1.165, 1.54) is 19.4 Å². The van der Waals surface area contributed by atoms with E-state index in [2.05, 4.69) is 4.98 Å². The summed E-state index contributed by atoms with van der Waals surface area (Å²) in [5.41, 5.74) is 0.291. The second-order valence-electron chi connectivity index (χ2n) is 3.81. The van der Waals surface area contributed by atoms with Crippen LogP contribution in [-0.2, 0) is 0 Å². The number of methoxy groups -OCH3 is 1. The Hall–Kier alpha value is -1.27. The predicted molar refractivity (Wildman–Crippen MR) is 58.9 cm³/mol. The molecule has 0 unspecified atom stereocenters. The van der Waals surface area contributed by atoms with E-state index in [0.29, 0.717) is 17.1 Å². The Bertz CT molecular complexity index is 368. The Kier molecular flexibility index (Phi) is 3.31. The van der Waals surface area contributed by atoms with Crippen LogP contribution in [0.2, 0.25) is 0 Å². The molecule has 0 saturated heterocycles. The van der Waals surface area contributed by atoms with Crippen molar-refractivity contribution in [2.24, 2.45) is 0 Å². The zero-order valence-electron chi connectivity index (χ0n) is 9.09. The summed E-state index contributed by atoms with van der Waals surface area (Å²) in [5.74, 6) is 0.754. The van der Waals surface area contributed by atoms with E-state index in [1.807, 2.05) is 0 Å². The SMILES string of the molecule is COc1cc(B(O)O)c(OC2CCC2)cn1. The number of hydrogen-bond acceptors (Lipinski definition) is 5. The van der Waals surface area contributed by atoms with Crippen molar-refractivity contribution in [3.8, 4) is 11.6 Å². The minimum atomic E-state index is -1.58. The van der Waals surface area contributed by atoms with Crippen molar-refractivity contribution in [3.05, 3.63) is 12.3 Å². The normalized spacial score (nSPS) is 15.4. The van der Waals surface area contributed by atoms with Gasteiger partial charge in [-0.15, -0.1) is 0 Å². The molecule has 5 nitrogen and oxygen atoms in total. The zero-order valence-corrected chi connectivity index (χ0v) is 9.09. The van der Waals surface area contributed by atoms with Gasteiger partial charge in [0.15, 0.2) is 0 Å². The quantitative estimate of drug-likeness (QED) is 0.685. The minimum absolute atomic E-state index is 0.174. The van der Waals surface area contributed by atoms with Crippen molar-refractivity contribution in [2.45, 2.75) is 25.4 Å². The first kappa shape index (κ1) is 11.2. The lowest BCUT2D eigenvalue weighted by Crippen LogP contribution is -2.35. The molecule has 0 aromatic carbocycles. The van der Waals surface area contributed by atoms with Gasteiger partial charge in [-0.25, -0.2) is 4.98 Å². The molecular weight excluding hydrogens is 209 g/mol. The highest BCUT2D eigenvalue weighted by atomic mass is 16.5. The summed E-state index contributed by atoms with van der Waals surface area (Å²) in [7, 11) is -0.102. The summed E-state index contributed by atoms with van der Waals surface area (Å²) in [6, 6.07) is 1.47. The van der Waals surface area contributed by atoms with Gasteiger partial charge in [-0.1, -0.05) is 0 Å². The number of aromatic nitrogens is 1. The summed E-state index contributed by atoms with van der Waals surface area (Å²) >= 11 is 0. The maximum Gasteiger partial charge on any atom is 0.492 e. The molecule has 1 saturated carbocycles. The van der Waals surface area contributed by atoms with E-state index in [-0.39, 0.29) is 6.10 Å². The van der Waals surface area contributed by atoms with Crippen LogP contribution in [0, 0.1) is 0 Å². The van der Waals surface area contributed by atoms with Gasteiger partial charge < -0.3 is 19.5 Å². The smallest absolute Gasteiger partial charge is 0.489 e. The van der Waals surface area contributed by atoms with Crippen LogP contribution < -0.4 is 14.9 Å². The van der Waals surface area contributed by atoms with E-state index in [4.69, 9.17) is 9.47 Å². The van der Waals surface area contributed by atoms with Gasteiger partial charge in [-0.05, 0) is 19.3 Å². The Morgan fingerprint density at radius 3 is 2.69 bits per heavy atom. The fraction of sp³-hybridized carbons (Fsp3) is 0.500. The molecule has 2 rings (SSSR count).